The highest BCUT2D eigenvalue weighted by atomic mass is 32.1. The van der Waals surface area contributed by atoms with Crippen LogP contribution in [0.15, 0.2) is 6.20 Å². The van der Waals surface area contributed by atoms with Crippen LogP contribution in [0.25, 0.3) is 0 Å². The van der Waals surface area contributed by atoms with Crippen molar-refractivity contribution in [3.8, 4) is 0 Å². The molecule has 0 spiro atoms. The van der Waals surface area contributed by atoms with Crippen LogP contribution < -0.4 is 5.48 Å². The normalized spacial score (nSPS) is 9.30. The second-order valence-electron chi connectivity index (χ2n) is 1.47. The van der Waals surface area contributed by atoms with Crippen molar-refractivity contribution < 1.29 is 10.4 Å². The first-order valence-corrected chi connectivity index (χ1v) is 2.71. The molecule has 0 fully saturated rings. The zero-order chi connectivity index (χ0) is 7.56. The van der Waals surface area contributed by atoms with Crippen molar-refractivity contribution >= 4 is 17.2 Å². The molecule has 0 radical (unpaired) electrons. The summed E-state index contributed by atoms with van der Waals surface area (Å²) in [6, 6.07) is 0. The molecule has 0 saturated heterocycles. The SMILES string of the molecule is ONC(=S)c1cn(O)nn1. The lowest BCUT2D eigenvalue weighted by atomic mass is 10.5. The molecule has 0 amide bonds. The van der Waals surface area contributed by atoms with Gasteiger partial charge in [-0.25, -0.2) is 0 Å². The average molecular weight is 160 g/mol. The molecule has 7 heteroatoms. The first-order valence-electron chi connectivity index (χ1n) is 2.30. The Kier molecular flexibility index (Phi) is 1.78. The molecule has 0 bridgehead atoms. The Labute approximate surface area is 61.0 Å². The van der Waals surface area contributed by atoms with E-state index < -0.39 is 0 Å². The molecule has 1 aromatic heterocycles. The maximum atomic E-state index is 8.57. The summed E-state index contributed by atoms with van der Waals surface area (Å²) in [5.74, 6) is 0. The van der Waals surface area contributed by atoms with Crippen molar-refractivity contribution in [2.45, 2.75) is 0 Å². The van der Waals surface area contributed by atoms with Gasteiger partial charge in [-0.2, -0.15) is 0 Å². The number of aromatic nitrogens is 3. The van der Waals surface area contributed by atoms with Crippen molar-refractivity contribution in [3.05, 3.63) is 11.9 Å². The predicted molar refractivity (Wildman–Crippen MR) is 33.8 cm³/mol. The molecule has 0 atom stereocenters. The van der Waals surface area contributed by atoms with Gasteiger partial charge in [0, 0.05) is 0 Å². The van der Waals surface area contributed by atoms with Crippen LogP contribution in [0.5, 0.6) is 0 Å². The van der Waals surface area contributed by atoms with E-state index in [9.17, 15) is 0 Å². The molecule has 0 aliphatic carbocycles. The fraction of sp³-hybridized carbons (Fsp3) is 0. The van der Waals surface area contributed by atoms with Crippen LogP contribution in [-0.4, -0.2) is 30.6 Å². The second-order valence-corrected chi connectivity index (χ2v) is 1.87. The summed E-state index contributed by atoms with van der Waals surface area (Å²) in [5, 5.41) is 23.4. The van der Waals surface area contributed by atoms with Crippen LogP contribution >= 0.6 is 12.2 Å². The Bertz CT molecular complexity index is 246. The molecule has 6 nitrogen and oxygen atoms in total. The zero-order valence-corrected chi connectivity index (χ0v) is 5.54. The Hall–Kier alpha value is -1.21. The van der Waals surface area contributed by atoms with Crippen molar-refractivity contribution in [2.75, 3.05) is 0 Å². The van der Waals surface area contributed by atoms with Gasteiger partial charge in [0.25, 0.3) is 0 Å². The van der Waals surface area contributed by atoms with Crippen LogP contribution in [-0.2, 0) is 0 Å². The fourth-order valence-corrected chi connectivity index (χ4v) is 0.510. The number of rotatable bonds is 1. The van der Waals surface area contributed by atoms with E-state index in [1.54, 1.807) is 5.48 Å². The number of nitrogens with one attached hydrogen (secondary N) is 1. The van der Waals surface area contributed by atoms with Gasteiger partial charge in [-0.05, 0) is 5.21 Å². The summed E-state index contributed by atoms with van der Waals surface area (Å²) in [7, 11) is 0. The number of hydroxylamine groups is 1. The minimum Gasteiger partial charge on any atom is -0.410 e. The lowest BCUT2D eigenvalue weighted by Crippen LogP contribution is -2.17. The highest BCUT2D eigenvalue weighted by Gasteiger charge is 2.03. The van der Waals surface area contributed by atoms with Gasteiger partial charge < -0.3 is 5.21 Å². The van der Waals surface area contributed by atoms with E-state index in [0.717, 1.165) is 6.20 Å². The van der Waals surface area contributed by atoms with E-state index in [1.807, 2.05) is 0 Å². The van der Waals surface area contributed by atoms with Crippen LogP contribution in [0.4, 0.5) is 0 Å². The maximum Gasteiger partial charge on any atom is 0.152 e. The van der Waals surface area contributed by atoms with E-state index in [4.69, 9.17) is 10.4 Å². The molecule has 54 valence electrons. The number of hydrogen-bond acceptors (Lipinski definition) is 5. The van der Waals surface area contributed by atoms with Crippen LogP contribution in [0.2, 0.25) is 0 Å². The summed E-state index contributed by atoms with van der Waals surface area (Å²) in [6.45, 7) is 0. The molecule has 0 aliphatic heterocycles. The summed E-state index contributed by atoms with van der Waals surface area (Å²) >= 11 is 4.55. The van der Waals surface area contributed by atoms with E-state index in [1.165, 1.54) is 0 Å². The molecule has 0 unspecified atom stereocenters. The van der Waals surface area contributed by atoms with E-state index >= 15 is 0 Å². The van der Waals surface area contributed by atoms with Crippen molar-refractivity contribution in [1.29, 1.82) is 0 Å². The molecule has 10 heavy (non-hydrogen) atoms. The molecular weight excluding hydrogens is 156 g/mol. The summed E-state index contributed by atoms with van der Waals surface area (Å²) in [5.41, 5.74) is 1.91. The average Bonchev–Trinajstić information content (AvgIpc) is 2.34. The van der Waals surface area contributed by atoms with Gasteiger partial charge in [0.2, 0.25) is 0 Å². The van der Waals surface area contributed by atoms with Gasteiger partial charge in [-0.1, -0.05) is 17.1 Å². The largest absolute Gasteiger partial charge is 0.410 e. The Morgan fingerprint density at radius 3 is 2.90 bits per heavy atom. The fourth-order valence-electron chi connectivity index (χ4n) is 0.416. The third-order valence-corrected chi connectivity index (χ3v) is 1.12. The van der Waals surface area contributed by atoms with E-state index in [2.05, 4.69) is 22.5 Å². The Balaban J connectivity index is 2.85. The molecule has 1 heterocycles. The first kappa shape index (κ1) is 6.90. The monoisotopic (exact) mass is 160 g/mol. The highest BCUT2D eigenvalue weighted by Crippen LogP contribution is 1.90. The molecule has 1 aromatic rings. The molecule has 1 rings (SSSR count). The lowest BCUT2D eigenvalue weighted by Gasteiger charge is -1.91. The molecular formula is C3H4N4O2S. The summed E-state index contributed by atoms with van der Waals surface area (Å²) < 4.78 is 0. The third kappa shape index (κ3) is 1.20. The smallest absolute Gasteiger partial charge is 0.152 e. The molecule has 0 saturated carbocycles. The number of thiocarbonyl (C=S) groups is 1. The van der Waals surface area contributed by atoms with Crippen LogP contribution in [0.3, 0.4) is 0 Å². The highest BCUT2D eigenvalue weighted by molar-refractivity contribution is 7.80. The van der Waals surface area contributed by atoms with Gasteiger partial charge >= 0.3 is 0 Å². The van der Waals surface area contributed by atoms with Gasteiger partial charge in [-0.3, -0.25) is 10.7 Å². The minimum absolute atomic E-state index is 0.0142. The van der Waals surface area contributed by atoms with E-state index in [0.29, 0.717) is 4.85 Å². The van der Waals surface area contributed by atoms with Crippen LogP contribution in [0.1, 0.15) is 5.69 Å². The topological polar surface area (TPSA) is 83.2 Å². The Morgan fingerprint density at radius 1 is 1.80 bits per heavy atom. The summed E-state index contributed by atoms with van der Waals surface area (Å²) in [6.07, 6.45) is 1.16. The minimum atomic E-state index is 0.0142. The second kappa shape index (κ2) is 2.58. The van der Waals surface area contributed by atoms with Gasteiger partial charge in [0.1, 0.15) is 5.69 Å². The van der Waals surface area contributed by atoms with Crippen LogP contribution in [0, 0.1) is 0 Å². The van der Waals surface area contributed by atoms with Crippen molar-refractivity contribution in [2.24, 2.45) is 0 Å². The zero-order valence-electron chi connectivity index (χ0n) is 4.72. The van der Waals surface area contributed by atoms with Crippen molar-refractivity contribution in [3.63, 3.8) is 0 Å². The van der Waals surface area contributed by atoms with Crippen molar-refractivity contribution in [1.82, 2.24) is 20.6 Å². The van der Waals surface area contributed by atoms with E-state index in [-0.39, 0.29) is 10.7 Å². The first-order chi connectivity index (χ1) is 4.74. The quantitative estimate of drug-likeness (QED) is 0.282. The van der Waals surface area contributed by atoms with Gasteiger partial charge in [0.15, 0.2) is 4.99 Å². The Morgan fingerprint density at radius 2 is 2.50 bits per heavy atom. The lowest BCUT2D eigenvalue weighted by molar-refractivity contribution is 0.143. The van der Waals surface area contributed by atoms with Gasteiger partial charge in [0.05, 0.1) is 6.20 Å². The predicted octanol–water partition coefficient (Wildman–Crippen LogP) is -0.830. The standard InChI is InChI=1S/C3H4N4O2S/c8-5-3(10)2-1-7(9)6-4-2/h1,8-9H,(H,5,10). The summed E-state index contributed by atoms with van der Waals surface area (Å²) in [4.78, 5) is 0.513. The number of hydrogen-bond donors (Lipinski definition) is 3. The molecule has 0 aromatic carbocycles. The maximum absolute atomic E-state index is 8.57. The molecule has 0 aliphatic rings. The molecule has 3 N–H and O–H groups in total. The number of nitrogens with zero attached hydrogens (tertiary/aromatic N) is 3. The van der Waals surface area contributed by atoms with Gasteiger partial charge in [-0.15, -0.1) is 5.10 Å². The third-order valence-electron chi connectivity index (χ3n) is 0.816.